The van der Waals surface area contributed by atoms with E-state index in [1.807, 2.05) is 56.6 Å². The Balaban J connectivity index is 1.36. The van der Waals surface area contributed by atoms with Gasteiger partial charge in [-0.2, -0.15) is 4.58 Å². The van der Waals surface area contributed by atoms with Gasteiger partial charge < -0.3 is 30.1 Å². The first-order chi connectivity index (χ1) is 20.8. The zero-order valence-corrected chi connectivity index (χ0v) is 25.3. The number of aliphatic carboxylic acids is 1. The lowest BCUT2D eigenvalue weighted by molar-refractivity contribution is -0.437. The zero-order valence-electron chi connectivity index (χ0n) is 25.3. The highest BCUT2D eigenvalue weighted by Crippen LogP contribution is 2.34. The maximum atomic E-state index is 13.5. The van der Waals surface area contributed by atoms with Gasteiger partial charge in [0.25, 0.3) is 0 Å². The topological polar surface area (TPSA) is 120 Å². The highest BCUT2D eigenvalue weighted by molar-refractivity contribution is 5.90. The van der Waals surface area contributed by atoms with Crippen molar-refractivity contribution in [2.45, 2.75) is 50.5 Å². The molecule has 0 spiro atoms. The Labute approximate surface area is 254 Å². The minimum Gasteiger partial charge on any atom is -0.494 e. The van der Waals surface area contributed by atoms with Crippen molar-refractivity contribution in [3.8, 4) is 5.75 Å². The zero-order chi connectivity index (χ0) is 30.6. The number of carboxylic acids is 1. The minimum absolute atomic E-state index is 0.0652. The van der Waals surface area contributed by atoms with Crippen LogP contribution in [0.25, 0.3) is 0 Å². The van der Waals surface area contributed by atoms with E-state index in [9.17, 15) is 19.5 Å². The van der Waals surface area contributed by atoms with Crippen LogP contribution in [0.15, 0.2) is 48.5 Å². The molecule has 2 aliphatic rings. The van der Waals surface area contributed by atoms with Crippen LogP contribution in [0.5, 0.6) is 5.75 Å². The molecule has 1 unspecified atom stereocenters. The van der Waals surface area contributed by atoms with Gasteiger partial charge in [0.05, 0.1) is 25.6 Å². The normalized spacial score (nSPS) is 19.3. The van der Waals surface area contributed by atoms with Crippen molar-refractivity contribution in [1.82, 2.24) is 15.5 Å². The third-order valence-corrected chi connectivity index (χ3v) is 7.90. The molecule has 3 N–H and O–H groups in total. The lowest BCUT2D eigenvalue weighted by Crippen LogP contribution is -2.50. The molecular weight excluding hydrogens is 548 g/mol. The van der Waals surface area contributed by atoms with Gasteiger partial charge in [0, 0.05) is 30.6 Å². The summed E-state index contributed by atoms with van der Waals surface area (Å²) in [5.41, 5.74) is 3.27. The average molecular weight is 594 g/mol. The first-order valence-corrected chi connectivity index (χ1v) is 15.2. The molecule has 10 nitrogen and oxygen atoms in total. The molecule has 2 aliphatic heterocycles. The van der Waals surface area contributed by atoms with Crippen molar-refractivity contribution in [3.05, 3.63) is 59.7 Å². The highest BCUT2D eigenvalue weighted by Gasteiger charge is 2.35. The van der Waals surface area contributed by atoms with Gasteiger partial charge in [-0.1, -0.05) is 30.3 Å². The lowest BCUT2D eigenvalue weighted by Gasteiger charge is -2.23. The third kappa shape index (κ3) is 9.90. The monoisotopic (exact) mass is 593 g/mol. The summed E-state index contributed by atoms with van der Waals surface area (Å²) in [6.07, 6.45) is 4.88. The Bertz CT molecular complexity index is 1260. The molecule has 0 fully saturated rings. The number of hydrogen-bond acceptors (Lipinski definition) is 6. The molecule has 0 saturated heterocycles. The molecular formula is C33H45N4O6+. The summed E-state index contributed by atoms with van der Waals surface area (Å²) >= 11 is 0. The van der Waals surface area contributed by atoms with Gasteiger partial charge in [0.1, 0.15) is 18.4 Å². The quantitative estimate of drug-likeness (QED) is 0.241. The number of rotatable bonds is 13. The summed E-state index contributed by atoms with van der Waals surface area (Å²) in [6, 6.07) is 15.2. The Morgan fingerprint density at radius 3 is 2.70 bits per heavy atom. The van der Waals surface area contributed by atoms with Crippen molar-refractivity contribution in [2.75, 3.05) is 53.6 Å². The molecule has 3 atom stereocenters. The van der Waals surface area contributed by atoms with Crippen LogP contribution in [0, 0.1) is 5.92 Å². The standard InChI is InChI=1S/C33H44N4O6/c1-36(2)16-6-18-43-27-13-11-24(12-14-27)7-5-8-25(22-31(38)39)32(40)35-29-21-26-23-37(30-10-4-3-9-28(26)30)17-20-42-19-15-34-33(29)41/h3-4,9-14,23,25-26,29H,5-8,15-22H2,1-2H3,(H2-,34,35,38,39,40,41)/p+1/t25-,26?,29+/m1/s1. The number of para-hydroxylation sites is 1. The van der Waals surface area contributed by atoms with Crippen LogP contribution < -0.4 is 15.4 Å². The van der Waals surface area contributed by atoms with Gasteiger partial charge in [-0.3, -0.25) is 14.4 Å². The number of carbonyl (C=O) groups is 3. The first-order valence-electron chi connectivity index (χ1n) is 15.2. The predicted octanol–water partition coefficient (Wildman–Crippen LogP) is 2.96. The van der Waals surface area contributed by atoms with Gasteiger partial charge in [0.15, 0.2) is 12.8 Å². The van der Waals surface area contributed by atoms with Gasteiger partial charge >= 0.3 is 5.97 Å². The van der Waals surface area contributed by atoms with E-state index >= 15 is 0 Å². The van der Waals surface area contributed by atoms with Crippen molar-refractivity contribution in [1.29, 1.82) is 0 Å². The average Bonchev–Trinajstić information content (AvgIpc) is 3.33. The van der Waals surface area contributed by atoms with Crippen molar-refractivity contribution < 1.29 is 33.5 Å². The van der Waals surface area contributed by atoms with Crippen LogP contribution in [0.1, 0.15) is 49.1 Å². The van der Waals surface area contributed by atoms with Crippen molar-refractivity contribution in [3.63, 3.8) is 0 Å². The molecule has 0 aliphatic carbocycles. The van der Waals surface area contributed by atoms with Gasteiger partial charge in [-0.15, -0.1) is 0 Å². The maximum absolute atomic E-state index is 13.5. The summed E-state index contributed by atoms with van der Waals surface area (Å²) in [5, 5.41) is 15.3. The number of nitrogens with one attached hydrogen (secondary N) is 2. The molecule has 2 aromatic carbocycles. The van der Waals surface area contributed by atoms with E-state index in [-0.39, 0.29) is 18.2 Å². The highest BCUT2D eigenvalue weighted by atomic mass is 16.5. The number of aryl methyl sites for hydroxylation is 1. The Morgan fingerprint density at radius 2 is 1.93 bits per heavy atom. The number of carbonyl (C=O) groups excluding carboxylic acids is 2. The predicted molar refractivity (Wildman–Crippen MR) is 164 cm³/mol. The van der Waals surface area contributed by atoms with Crippen molar-refractivity contribution in [2.24, 2.45) is 5.92 Å². The molecule has 0 radical (unpaired) electrons. The Morgan fingerprint density at radius 1 is 1.14 bits per heavy atom. The molecule has 232 valence electrons. The fraction of sp³-hybridized carbons (Fsp3) is 0.515. The van der Waals surface area contributed by atoms with Crippen LogP contribution in [0.2, 0.25) is 0 Å². The number of amides is 2. The van der Waals surface area contributed by atoms with E-state index in [0.29, 0.717) is 58.6 Å². The smallest absolute Gasteiger partial charge is 0.304 e. The largest absolute Gasteiger partial charge is 0.494 e. The molecule has 0 saturated carbocycles. The fourth-order valence-electron chi connectivity index (χ4n) is 5.65. The van der Waals surface area contributed by atoms with E-state index in [1.54, 1.807) is 0 Å². The molecule has 2 amide bonds. The maximum Gasteiger partial charge on any atom is 0.304 e. The summed E-state index contributed by atoms with van der Waals surface area (Å²) in [4.78, 5) is 40.5. The number of nitrogens with zero attached hydrogens (tertiary/aromatic N) is 2. The van der Waals surface area contributed by atoms with Crippen LogP contribution >= 0.6 is 0 Å². The third-order valence-electron chi connectivity index (χ3n) is 7.90. The Hall–Kier alpha value is -3.76. The summed E-state index contributed by atoms with van der Waals surface area (Å²) in [6.45, 7) is 3.57. The molecule has 2 aromatic rings. The SMILES string of the molecule is CN(C)CCCOc1ccc(CCC[C@H](CC(=O)O)C(=O)N[C@H]2CC3C=[N+](CCOCCNC2=O)c2ccccc23)cc1. The summed E-state index contributed by atoms with van der Waals surface area (Å²) in [5.74, 6) is -1.73. The molecule has 2 bridgehead atoms. The number of ether oxygens (including phenoxy) is 2. The number of carboxylic acid groups (broad SMARTS) is 1. The van der Waals surface area contributed by atoms with Gasteiger partial charge in [-0.25, -0.2) is 0 Å². The van der Waals surface area contributed by atoms with E-state index in [1.165, 1.54) is 0 Å². The second-order valence-electron chi connectivity index (χ2n) is 11.5. The second-order valence-corrected chi connectivity index (χ2v) is 11.5. The first kappa shape index (κ1) is 32.2. The van der Waals surface area contributed by atoms with Gasteiger partial charge in [0.2, 0.25) is 17.5 Å². The molecule has 0 aromatic heterocycles. The summed E-state index contributed by atoms with van der Waals surface area (Å²) < 4.78 is 13.6. The molecule has 2 heterocycles. The molecule has 43 heavy (non-hydrogen) atoms. The Kier molecular flexibility index (Phi) is 12.1. The van der Waals surface area contributed by atoms with Crippen LogP contribution in [0.3, 0.4) is 0 Å². The van der Waals surface area contributed by atoms with Gasteiger partial charge in [-0.05, 0) is 63.9 Å². The van der Waals surface area contributed by atoms with E-state index in [0.717, 1.165) is 35.5 Å². The summed E-state index contributed by atoms with van der Waals surface area (Å²) in [7, 11) is 4.07. The fourth-order valence-corrected chi connectivity index (χ4v) is 5.65. The van der Waals surface area contributed by atoms with Crippen molar-refractivity contribution >= 4 is 29.7 Å². The van der Waals surface area contributed by atoms with E-state index in [2.05, 4.69) is 32.4 Å². The lowest BCUT2D eigenvalue weighted by atomic mass is 9.92. The number of hydrogen-bond donors (Lipinski definition) is 3. The van der Waals surface area contributed by atoms with E-state index < -0.39 is 23.8 Å². The van der Waals surface area contributed by atoms with Crippen LogP contribution in [0.4, 0.5) is 5.69 Å². The van der Waals surface area contributed by atoms with Crippen LogP contribution in [-0.4, -0.2) is 98.2 Å². The number of benzene rings is 2. The second kappa shape index (κ2) is 16.2. The van der Waals surface area contributed by atoms with E-state index in [4.69, 9.17) is 9.47 Å². The molecule has 10 heteroatoms. The van der Waals surface area contributed by atoms with Crippen LogP contribution in [-0.2, 0) is 25.5 Å². The minimum atomic E-state index is -1.04. The molecule has 4 rings (SSSR count). The number of fused-ring (bicyclic) bond motifs is 4.